The molecule has 1 aromatic carbocycles. The van der Waals surface area contributed by atoms with Crippen molar-refractivity contribution in [2.75, 3.05) is 11.9 Å². The number of benzene rings is 1. The first kappa shape index (κ1) is 18.3. The van der Waals surface area contributed by atoms with Gasteiger partial charge in [0.25, 0.3) is 5.91 Å². The molecule has 7 heteroatoms. The monoisotopic (exact) mass is 342 g/mol. The average molecular weight is 342 g/mol. The van der Waals surface area contributed by atoms with Crippen LogP contribution in [-0.2, 0) is 4.79 Å². The number of halogens is 3. The molecule has 1 heterocycles. The summed E-state index contributed by atoms with van der Waals surface area (Å²) in [6.45, 7) is 4.65. The number of hydrogen-bond donors (Lipinski definition) is 1. The van der Waals surface area contributed by atoms with Gasteiger partial charge in [0.15, 0.2) is 0 Å². The maximum absolute atomic E-state index is 13.2. The lowest BCUT2D eigenvalue weighted by molar-refractivity contribution is -0.189. The number of carbonyl (C=O) groups is 2. The molecule has 0 spiro atoms. The Labute approximate surface area is 139 Å². The van der Waals surface area contributed by atoms with Gasteiger partial charge in [-0.3, -0.25) is 9.59 Å². The van der Waals surface area contributed by atoms with Gasteiger partial charge in [0.2, 0.25) is 5.91 Å². The summed E-state index contributed by atoms with van der Waals surface area (Å²) in [5.41, 5.74) is -0.588. The molecule has 1 N–H and O–H groups in total. The molecule has 1 aliphatic heterocycles. The number of amides is 2. The number of rotatable bonds is 3. The van der Waals surface area contributed by atoms with E-state index in [4.69, 9.17) is 0 Å². The molecule has 1 atom stereocenters. The van der Waals surface area contributed by atoms with Crippen molar-refractivity contribution in [3.05, 3.63) is 29.8 Å². The van der Waals surface area contributed by atoms with Crippen LogP contribution in [0.1, 0.15) is 44.0 Å². The van der Waals surface area contributed by atoms with Crippen LogP contribution in [0, 0.1) is 5.92 Å². The Kier molecular flexibility index (Phi) is 4.92. The fourth-order valence-corrected chi connectivity index (χ4v) is 3.15. The normalized spacial score (nSPS) is 20.1. The van der Waals surface area contributed by atoms with Crippen LogP contribution >= 0.6 is 0 Å². The standard InChI is InChI=1S/C17H21F3N2O2/c1-4-14(23)21-12-7-5-6-11(10-12)15(24)22-9-8-13(16(22,2)3)17(18,19)20/h5-7,10,13H,4,8-9H2,1-3H3,(H,21,23)/t13-/m0/s1. The summed E-state index contributed by atoms with van der Waals surface area (Å²) < 4.78 is 39.5. The second-order valence-electron chi connectivity index (χ2n) is 6.48. The highest BCUT2D eigenvalue weighted by Gasteiger charge is 2.56. The first-order valence-corrected chi connectivity index (χ1v) is 7.86. The van der Waals surface area contributed by atoms with E-state index in [1.807, 2.05) is 0 Å². The molecular formula is C17H21F3N2O2. The zero-order chi connectivity index (χ0) is 18.1. The SMILES string of the molecule is CCC(=O)Nc1cccc(C(=O)N2CC[C@H](C(F)(F)F)C2(C)C)c1. The molecule has 0 radical (unpaired) electrons. The third-order valence-electron chi connectivity index (χ3n) is 4.54. The van der Waals surface area contributed by atoms with Crippen molar-refractivity contribution in [2.45, 2.75) is 45.3 Å². The summed E-state index contributed by atoms with van der Waals surface area (Å²) in [6, 6.07) is 6.27. The molecular weight excluding hydrogens is 321 g/mol. The predicted octanol–water partition coefficient (Wildman–Crippen LogP) is 3.84. The van der Waals surface area contributed by atoms with E-state index < -0.39 is 23.5 Å². The highest BCUT2D eigenvalue weighted by atomic mass is 19.4. The Hall–Kier alpha value is -2.05. The molecule has 1 saturated heterocycles. The van der Waals surface area contributed by atoms with E-state index in [1.54, 1.807) is 25.1 Å². The van der Waals surface area contributed by atoms with Gasteiger partial charge in [0.1, 0.15) is 0 Å². The first-order chi connectivity index (χ1) is 11.1. The van der Waals surface area contributed by atoms with Gasteiger partial charge >= 0.3 is 6.18 Å². The largest absolute Gasteiger partial charge is 0.394 e. The van der Waals surface area contributed by atoms with Crippen LogP contribution in [0.5, 0.6) is 0 Å². The third-order valence-corrected chi connectivity index (χ3v) is 4.54. The molecule has 0 aliphatic carbocycles. The molecule has 1 aliphatic rings. The molecule has 0 bridgehead atoms. The second-order valence-corrected chi connectivity index (χ2v) is 6.48. The van der Waals surface area contributed by atoms with Gasteiger partial charge in [-0.1, -0.05) is 13.0 Å². The fourth-order valence-electron chi connectivity index (χ4n) is 3.15. The summed E-state index contributed by atoms with van der Waals surface area (Å²) in [5.74, 6) is -2.20. The van der Waals surface area contributed by atoms with Crippen LogP contribution in [0.4, 0.5) is 18.9 Å². The van der Waals surface area contributed by atoms with E-state index in [1.165, 1.54) is 24.8 Å². The van der Waals surface area contributed by atoms with Crippen molar-refractivity contribution >= 4 is 17.5 Å². The lowest BCUT2D eigenvalue weighted by Crippen LogP contribution is -2.49. The lowest BCUT2D eigenvalue weighted by Gasteiger charge is -2.36. The van der Waals surface area contributed by atoms with Gasteiger partial charge in [-0.15, -0.1) is 0 Å². The topological polar surface area (TPSA) is 49.4 Å². The summed E-state index contributed by atoms with van der Waals surface area (Å²) in [5, 5.41) is 2.64. The Balaban J connectivity index is 2.23. The third kappa shape index (κ3) is 3.55. The molecule has 2 amide bonds. The van der Waals surface area contributed by atoms with Gasteiger partial charge in [0.05, 0.1) is 5.92 Å². The molecule has 24 heavy (non-hydrogen) atoms. The van der Waals surface area contributed by atoms with Crippen molar-refractivity contribution in [2.24, 2.45) is 5.92 Å². The summed E-state index contributed by atoms with van der Waals surface area (Å²) in [6.07, 6.45) is -4.14. The summed E-state index contributed by atoms with van der Waals surface area (Å²) in [4.78, 5) is 25.4. The van der Waals surface area contributed by atoms with Crippen molar-refractivity contribution in [1.29, 1.82) is 0 Å². The number of carbonyl (C=O) groups excluding carboxylic acids is 2. The summed E-state index contributed by atoms with van der Waals surface area (Å²) >= 11 is 0. The average Bonchev–Trinajstić information content (AvgIpc) is 2.81. The number of likely N-dealkylation sites (tertiary alicyclic amines) is 1. The molecule has 1 aromatic rings. The van der Waals surface area contributed by atoms with E-state index in [2.05, 4.69) is 5.32 Å². The van der Waals surface area contributed by atoms with E-state index in [9.17, 15) is 22.8 Å². The number of nitrogens with zero attached hydrogens (tertiary/aromatic N) is 1. The summed E-state index contributed by atoms with van der Waals surface area (Å²) in [7, 11) is 0. The maximum Gasteiger partial charge on any atom is 0.394 e. The van der Waals surface area contributed by atoms with E-state index in [-0.39, 0.29) is 24.4 Å². The Morgan fingerprint density at radius 2 is 2.00 bits per heavy atom. The van der Waals surface area contributed by atoms with E-state index in [0.29, 0.717) is 12.1 Å². The van der Waals surface area contributed by atoms with Gasteiger partial charge < -0.3 is 10.2 Å². The van der Waals surface area contributed by atoms with E-state index in [0.717, 1.165) is 0 Å². The highest BCUT2D eigenvalue weighted by Crippen LogP contribution is 2.45. The molecule has 132 valence electrons. The molecule has 0 unspecified atom stereocenters. The Bertz CT molecular complexity index is 641. The van der Waals surface area contributed by atoms with Crippen molar-refractivity contribution in [3.8, 4) is 0 Å². The molecule has 0 saturated carbocycles. The van der Waals surface area contributed by atoms with Crippen LogP contribution in [0.3, 0.4) is 0 Å². The van der Waals surface area contributed by atoms with E-state index >= 15 is 0 Å². The minimum Gasteiger partial charge on any atom is -0.333 e. The quantitative estimate of drug-likeness (QED) is 0.907. The van der Waals surface area contributed by atoms with Gasteiger partial charge in [-0.05, 0) is 38.5 Å². The van der Waals surface area contributed by atoms with Crippen LogP contribution in [-0.4, -0.2) is 35.0 Å². The molecule has 2 rings (SSSR count). The number of hydrogen-bond acceptors (Lipinski definition) is 2. The van der Waals surface area contributed by atoms with Crippen LogP contribution in [0.15, 0.2) is 24.3 Å². The Morgan fingerprint density at radius 3 is 2.54 bits per heavy atom. The maximum atomic E-state index is 13.2. The Morgan fingerprint density at radius 1 is 1.33 bits per heavy atom. The highest BCUT2D eigenvalue weighted by molar-refractivity contribution is 5.97. The van der Waals surface area contributed by atoms with Crippen LogP contribution in [0.2, 0.25) is 0 Å². The smallest absolute Gasteiger partial charge is 0.333 e. The molecule has 0 aromatic heterocycles. The predicted molar refractivity (Wildman–Crippen MR) is 84.6 cm³/mol. The van der Waals surface area contributed by atoms with Crippen molar-refractivity contribution in [3.63, 3.8) is 0 Å². The van der Waals surface area contributed by atoms with Gasteiger partial charge in [0, 0.05) is 29.8 Å². The fraction of sp³-hybridized carbons (Fsp3) is 0.529. The molecule has 4 nitrogen and oxygen atoms in total. The first-order valence-electron chi connectivity index (χ1n) is 7.86. The minimum absolute atomic E-state index is 0.0571. The zero-order valence-electron chi connectivity index (χ0n) is 13.9. The van der Waals surface area contributed by atoms with Gasteiger partial charge in [-0.25, -0.2) is 0 Å². The zero-order valence-corrected chi connectivity index (χ0v) is 13.9. The van der Waals surface area contributed by atoms with Gasteiger partial charge in [-0.2, -0.15) is 13.2 Å². The number of anilines is 1. The van der Waals surface area contributed by atoms with Crippen molar-refractivity contribution < 1.29 is 22.8 Å². The number of alkyl halides is 3. The minimum atomic E-state index is -4.34. The van der Waals surface area contributed by atoms with Crippen LogP contribution in [0.25, 0.3) is 0 Å². The number of nitrogens with one attached hydrogen (secondary N) is 1. The molecule has 1 fully saturated rings. The second kappa shape index (κ2) is 6.45. The van der Waals surface area contributed by atoms with Crippen LogP contribution < -0.4 is 5.32 Å². The van der Waals surface area contributed by atoms with Crippen molar-refractivity contribution in [1.82, 2.24) is 4.90 Å². The lowest BCUT2D eigenvalue weighted by atomic mass is 9.87.